The quantitative estimate of drug-likeness (QED) is 0.732. The SMILES string of the molecule is Cl.NCCC1CCCN(CC(=O)Nc2cc(Cl)c(Cl)cc2Cl)C1. The van der Waals surface area contributed by atoms with Gasteiger partial charge in [-0.25, -0.2) is 0 Å². The molecule has 1 fully saturated rings. The number of amides is 1. The average molecular weight is 401 g/mol. The van der Waals surface area contributed by atoms with E-state index in [2.05, 4.69) is 10.2 Å². The third-order valence-electron chi connectivity index (χ3n) is 3.83. The van der Waals surface area contributed by atoms with Crippen LogP contribution >= 0.6 is 47.2 Å². The second-order valence-corrected chi connectivity index (χ2v) is 6.84. The van der Waals surface area contributed by atoms with Gasteiger partial charge in [0.05, 0.1) is 27.3 Å². The molecule has 1 heterocycles. The first-order valence-corrected chi connectivity index (χ1v) is 8.49. The van der Waals surface area contributed by atoms with Crippen LogP contribution in [-0.4, -0.2) is 37.0 Å². The van der Waals surface area contributed by atoms with Gasteiger partial charge in [-0.2, -0.15) is 0 Å². The van der Waals surface area contributed by atoms with Gasteiger partial charge in [0.1, 0.15) is 0 Å². The molecule has 0 aromatic heterocycles. The Balaban J connectivity index is 0.00000264. The molecule has 8 heteroatoms. The molecule has 0 radical (unpaired) electrons. The van der Waals surface area contributed by atoms with Crippen molar-refractivity contribution in [3.05, 3.63) is 27.2 Å². The highest BCUT2D eigenvalue weighted by molar-refractivity contribution is 6.44. The molecule has 0 aliphatic carbocycles. The number of rotatable bonds is 5. The van der Waals surface area contributed by atoms with Gasteiger partial charge in [-0.15, -0.1) is 12.4 Å². The van der Waals surface area contributed by atoms with Crippen LogP contribution in [0.15, 0.2) is 12.1 Å². The lowest BCUT2D eigenvalue weighted by atomic mass is 9.95. The molecule has 23 heavy (non-hydrogen) atoms. The van der Waals surface area contributed by atoms with Crippen LogP contribution in [0.5, 0.6) is 0 Å². The molecule has 2 rings (SSSR count). The van der Waals surface area contributed by atoms with Crippen molar-refractivity contribution in [1.82, 2.24) is 4.90 Å². The highest BCUT2D eigenvalue weighted by Crippen LogP contribution is 2.32. The maximum atomic E-state index is 12.2. The fraction of sp³-hybridized carbons (Fsp3) is 0.533. The fourth-order valence-electron chi connectivity index (χ4n) is 2.78. The standard InChI is InChI=1S/C15H20Cl3N3O.ClH/c16-11-6-13(18)14(7-12(11)17)20-15(22)9-21-5-1-2-10(8-21)3-4-19;/h6-7,10H,1-5,8-9,19H2,(H,20,22);1H. The van der Waals surface area contributed by atoms with Gasteiger partial charge in [-0.05, 0) is 50.4 Å². The highest BCUT2D eigenvalue weighted by Gasteiger charge is 2.21. The molecule has 0 spiro atoms. The van der Waals surface area contributed by atoms with Gasteiger partial charge >= 0.3 is 0 Å². The van der Waals surface area contributed by atoms with E-state index in [1.54, 1.807) is 6.07 Å². The second kappa shape index (κ2) is 9.92. The molecule has 1 aromatic rings. The van der Waals surface area contributed by atoms with E-state index in [4.69, 9.17) is 40.5 Å². The van der Waals surface area contributed by atoms with E-state index in [1.165, 1.54) is 12.5 Å². The zero-order valence-corrected chi connectivity index (χ0v) is 15.7. The summed E-state index contributed by atoms with van der Waals surface area (Å²) < 4.78 is 0. The van der Waals surface area contributed by atoms with E-state index >= 15 is 0 Å². The second-order valence-electron chi connectivity index (χ2n) is 5.62. The molecule has 1 saturated heterocycles. The smallest absolute Gasteiger partial charge is 0.238 e. The maximum Gasteiger partial charge on any atom is 0.238 e. The van der Waals surface area contributed by atoms with Crippen LogP contribution in [0.25, 0.3) is 0 Å². The summed E-state index contributed by atoms with van der Waals surface area (Å²) >= 11 is 17.9. The van der Waals surface area contributed by atoms with Crippen LogP contribution < -0.4 is 11.1 Å². The minimum absolute atomic E-state index is 0. The number of nitrogens with zero attached hydrogens (tertiary/aromatic N) is 1. The van der Waals surface area contributed by atoms with Gasteiger partial charge in [0.2, 0.25) is 5.91 Å². The van der Waals surface area contributed by atoms with Crippen molar-refractivity contribution >= 4 is 58.8 Å². The summed E-state index contributed by atoms with van der Waals surface area (Å²) in [5.41, 5.74) is 6.10. The number of hydrogen-bond acceptors (Lipinski definition) is 3. The van der Waals surface area contributed by atoms with Crippen molar-refractivity contribution in [3.63, 3.8) is 0 Å². The van der Waals surface area contributed by atoms with Crippen molar-refractivity contribution < 1.29 is 4.79 Å². The molecule has 3 N–H and O–H groups in total. The van der Waals surface area contributed by atoms with Crippen molar-refractivity contribution in [2.45, 2.75) is 19.3 Å². The number of likely N-dealkylation sites (tertiary alicyclic amines) is 1. The molecule has 4 nitrogen and oxygen atoms in total. The van der Waals surface area contributed by atoms with Crippen LogP contribution in [0.3, 0.4) is 0 Å². The summed E-state index contributed by atoms with van der Waals surface area (Å²) in [6.07, 6.45) is 3.30. The van der Waals surface area contributed by atoms with E-state index in [-0.39, 0.29) is 18.3 Å². The summed E-state index contributed by atoms with van der Waals surface area (Å²) in [7, 11) is 0. The predicted molar refractivity (Wildman–Crippen MR) is 100 cm³/mol. The van der Waals surface area contributed by atoms with Crippen molar-refractivity contribution in [3.8, 4) is 0 Å². The zero-order chi connectivity index (χ0) is 16.1. The van der Waals surface area contributed by atoms with Crippen LogP contribution in [0, 0.1) is 5.92 Å². The maximum absolute atomic E-state index is 12.2. The number of nitrogens with one attached hydrogen (secondary N) is 1. The number of hydrogen-bond donors (Lipinski definition) is 2. The number of halogens is 4. The summed E-state index contributed by atoms with van der Waals surface area (Å²) in [4.78, 5) is 14.3. The first-order chi connectivity index (χ1) is 10.5. The molecule has 1 atom stereocenters. The van der Waals surface area contributed by atoms with Gasteiger partial charge in [0, 0.05) is 6.54 Å². The Kier molecular flexibility index (Phi) is 8.98. The van der Waals surface area contributed by atoms with Crippen LogP contribution in [-0.2, 0) is 4.79 Å². The van der Waals surface area contributed by atoms with Gasteiger partial charge in [-0.3, -0.25) is 9.69 Å². The predicted octanol–water partition coefficient (Wildman–Crippen LogP) is 4.07. The average Bonchev–Trinajstić information content (AvgIpc) is 2.45. The van der Waals surface area contributed by atoms with Crippen molar-refractivity contribution in [1.29, 1.82) is 0 Å². The Labute approximate surface area is 158 Å². The summed E-state index contributed by atoms with van der Waals surface area (Å²) in [6.45, 7) is 2.89. The lowest BCUT2D eigenvalue weighted by Crippen LogP contribution is -2.41. The molecule has 1 aromatic carbocycles. The van der Waals surface area contributed by atoms with Crippen molar-refractivity contribution in [2.75, 3.05) is 31.5 Å². The van der Waals surface area contributed by atoms with E-state index < -0.39 is 0 Å². The molecular weight excluding hydrogens is 380 g/mol. The number of carbonyl (C=O) groups excluding carboxylic acids is 1. The van der Waals surface area contributed by atoms with Crippen LogP contribution in [0.4, 0.5) is 5.69 Å². The topological polar surface area (TPSA) is 58.4 Å². The lowest BCUT2D eigenvalue weighted by Gasteiger charge is -2.32. The number of carbonyl (C=O) groups is 1. The first-order valence-electron chi connectivity index (χ1n) is 7.36. The normalized spacial score (nSPS) is 18.3. The number of piperidine rings is 1. The van der Waals surface area contributed by atoms with E-state index in [1.807, 2.05) is 0 Å². The number of nitrogens with two attached hydrogens (primary N) is 1. The summed E-state index contributed by atoms with van der Waals surface area (Å²) in [6, 6.07) is 3.09. The third kappa shape index (κ3) is 6.29. The molecular formula is C15H21Cl4N3O. The van der Waals surface area contributed by atoms with Gasteiger partial charge in [0.15, 0.2) is 0 Å². The largest absolute Gasteiger partial charge is 0.330 e. The minimum atomic E-state index is -0.103. The van der Waals surface area contributed by atoms with E-state index in [0.717, 1.165) is 25.9 Å². The molecule has 1 aliphatic rings. The zero-order valence-electron chi connectivity index (χ0n) is 12.7. The van der Waals surface area contributed by atoms with Crippen LogP contribution in [0.1, 0.15) is 19.3 Å². The third-order valence-corrected chi connectivity index (χ3v) is 4.86. The van der Waals surface area contributed by atoms with Gasteiger partial charge in [0.25, 0.3) is 0 Å². The first kappa shape index (κ1) is 20.8. The van der Waals surface area contributed by atoms with Gasteiger partial charge in [-0.1, -0.05) is 34.8 Å². The van der Waals surface area contributed by atoms with Gasteiger partial charge < -0.3 is 11.1 Å². The Morgan fingerprint density at radius 2 is 1.96 bits per heavy atom. The fourth-order valence-corrected chi connectivity index (χ4v) is 3.37. The molecule has 1 unspecified atom stereocenters. The van der Waals surface area contributed by atoms with E-state index in [0.29, 0.717) is 39.8 Å². The number of anilines is 1. The van der Waals surface area contributed by atoms with E-state index in [9.17, 15) is 4.79 Å². The Hall–Kier alpha value is -0.230. The molecule has 1 amide bonds. The Morgan fingerprint density at radius 1 is 1.26 bits per heavy atom. The highest BCUT2D eigenvalue weighted by atomic mass is 35.5. The molecule has 130 valence electrons. The van der Waals surface area contributed by atoms with Crippen molar-refractivity contribution in [2.24, 2.45) is 11.7 Å². The Bertz CT molecular complexity index is 540. The Morgan fingerprint density at radius 3 is 2.65 bits per heavy atom. The molecule has 1 aliphatic heterocycles. The lowest BCUT2D eigenvalue weighted by molar-refractivity contribution is -0.117. The summed E-state index contributed by atoms with van der Waals surface area (Å²) in [5, 5.41) is 3.90. The molecule has 0 saturated carbocycles. The minimum Gasteiger partial charge on any atom is -0.330 e. The summed E-state index contributed by atoms with van der Waals surface area (Å²) in [5.74, 6) is 0.480. The monoisotopic (exact) mass is 399 g/mol. The molecule has 0 bridgehead atoms. The van der Waals surface area contributed by atoms with Crippen LogP contribution in [0.2, 0.25) is 15.1 Å². The number of benzene rings is 1.